The van der Waals surface area contributed by atoms with Gasteiger partial charge in [0.25, 0.3) is 0 Å². The first-order chi connectivity index (χ1) is 9.67. The van der Waals surface area contributed by atoms with Crippen LogP contribution in [0.4, 0.5) is 0 Å². The second-order valence-corrected chi connectivity index (χ2v) is 7.93. The van der Waals surface area contributed by atoms with Gasteiger partial charge in [-0.25, -0.2) is 4.68 Å². The highest BCUT2D eigenvalue weighted by atomic mass is 16.1. The minimum absolute atomic E-state index is 0.0109. The number of nitrogens with zero attached hydrogens (tertiary/aromatic N) is 3. The fraction of sp³-hybridized carbons (Fsp3) is 0.824. The molecule has 0 saturated heterocycles. The largest absolute Gasteiger partial charge is 0.293 e. The van der Waals surface area contributed by atoms with Gasteiger partial charge in [-0.1, -0.05) is 39.8 Å². The van der Waals surface area contributed by atoms with E-state index in [1.165, 1.54) is 12.8 Å². The minimum atomic E-state index is -0.0109. The highest BCUT2D eigenvalue weighted by Crippen LogP contribution is 2.55. The highest BCUT2D eigenvalue weighted by molar-refractivity contribution is 5.91. The number of carbonyl (C=O) groups is 1. The summed E-state index contributed by atoms with van der Waals surface area (Å²) in [5.41, 5.74) is 1.19. The molecule has 1 fully saturated rings. The fourth-order valence-electron chi connectivity index (χ4n) is 4.19. The lowest BCUT2D eigenvalue weighted by molar-refractivity contribution is -0.0218. The van der Waals surface area contributed by atoms with E-state index in [1.54, 1.807) is 6.92 Å². The van der Waals surface area contributed by atoms with Crippen molar-refractivity contribution in [3.63, 3.8) is 0 Å². The monoisotopic (exact) mass is 291 g/mol. The first kappa shape index (κ1) is 16.2. The highest BCUT2D eigenvalue weighted by Gasteiger charge is 2.46. The number of hydrogen-bond donors (Lipinski definition) is 0. The maximum absolute atomic E-state index is 11.3. The number of ketones is 1. The Hall–Kier alpha value is -1.19. The number of Topliss-reactive ketones (excluding diaryl/α,β-unsaturated/α-hetero) is 1. The Morgan fingerprint density at radius 2 is 1.90 bits per heavy atom. The lowest BCUT2D eigenvalue weighted by Crippen LogP contribution is -2.43. The van der Waals surface area contributed by atoms with E-state index in [-0.39, 0.29) is 5.78 Å². The Balaban J connectivity index is 2.13. The molecule has 4 nitrogen and oxygen atoms in total. The Morgan fingerprint density at radius 1 is 1.33 bits per heavy atom. The molecule has 0 N–H and O–H groups in total. The second kappa shape index (κ2) is 5.54. The van der Waals surface area contributed by atoms with Gasteiger partial charge >= 0.3 is 0 Å². The molecule has 1 heterocycles. The normalized spacial score (nSPS) is 27.1. The molecule has 0 radical (unpaired) electrons. The van der Waals surface area contributed by atoms with Gasteiger partial charge in [-0.2, -0.15) is 0 Å². The predicted molar refractivity (Wildman–Crippen MR) is 84.3 cm³/mol. The van der Waals surface area contributed by atoms with E-state index in [2.05, 4.69) is 44.9 Å². The molecule has 118 valence electrons. The summed E-state index contributed by atoms with van der Waals surface area (Å²) in [5, 5.41) is 8.14. The average Bonchev–Trinajstić information content (AvgIpc) is 2.87. The molecule has 21 heavy (non-hydrogen) atoms. The van der Waals surface area contributed by atoms with Crippen molar-refractivity contribution >= 4 is 5.78 Å². The molecule has 1 aliphatic carbocycles. The van der Waals surface area contributed by atoms with Crippen LogP contribution in [-0.2, 0) is 0 Å². The number of carbonyl (C=O) groups excluding carboxylic acids is 1. The van der Waals surface area contributed by atoms with Crippen molar-refractivity contribution in [3.05, 3.63) is 11.9 Å². The van der Waals surface area contributed by atoms with Gasteiger partial charge in [0.15, 0.2) is 5.78 Å². The van der Waals surface area contributed by atoms with E-state index in [1.807, 2.05) is 10.9 Å². The van der Waals surface area contributed by atoms with Gasteiger partial charge in [0.05, 0.1) is 12.2 Å². The van der Waals surface area contributed by atoms with Gasteiger partial charge in [0.2, 0.25) is 0 Å². The molecule has 0 spiro atoms. The summed E-state index contributed by atoms with van der Waals surface area (Å²) in [6.45, 7) is 13.4. The summed E-state index contributed by atoms with van der Waals surface area (Å²) in [7, 11) is 0. The van der Waals surface area contributed by atoms with Crippen LogP contribution in [0, 0.1) is 16.7 Å². The SMILES string of the molecule is CC(=O)c1cn(C2CCC(C(C)C)(C(C)(C)C)CC2)nn1. The smallest absolute Gasteiger partial charge is 0.181 e. The summed E-state index contributed by atoms with van der Waals surface area (Å²) < 4.78 is 1.91. The zero-order chi connectivity index (χ0) is 15.8. The number of aromatic nitrogens is 3. The van der Waals surface area contributed by atoms with Gasteiger partial charge in [0, 0.05) is 6.92 Å². The second-order valence-electron chi connectivity index (χ2n) is 7.93. The minimum Gasteiger partial charge on any atom is -0.293 e. The third-order valence-corrected chi connectivity index (χ3v) is 5.69. The molecule has 0 amide bonds. The average molecular weight is 291 g/mol. The maximum Gasteiger partial charge on any atom is 0.181 e. The van der Waals surface area contributed by atoms with Gasteiger partial charge in [-0.15, -0.1) is 5.10 Å². The van der Waals surface area contributed by atoms with E-state index in [9.17, 15) is 4.79 Å². The molecule has 4 heteroatoms. The van der Waals surface area contributed by atoms with E-state index >= 15 is 0 Å². The van der Waals surface area contributed by atoms with Crippen LogP contribution in [0.5, 0.6) is 0 Å². The van der Waals surface area contributed by atoms with Crippen LogP contribution in [0.3, 0.4) is 0 Å². The Morgan fingerprint density at radius 3 is 2.29 bits per heavy atom. The molecule has 0 unspecified atom stereocenters. The van der Waals surface area contributed by atoms with Crippen LogP contribution in [0.15, 0.2) is 6.20 Å². The van der Waals surface area contributed by atoms with Crippen molar-refractivity contribution < 1.29 is 4.79 Å². The van der Waals surface area contributed by atoms with Gasteiger partial charge in [-0.05, 0) is 42.4 Å². The van der Waals surface area contributed by atoms with Crippen molar-refractivity contribution in [1.82, 2.24) is 15.0 Å². The van der Waals surface area contributed by atoms with Gasteiger partial charge in [-0.3, -0.25) is 4.79 Å². The molecule has 0 bridgehead atoms. The maximum atomic E-state index is 11.3. The van der Waals surface area contributed by atoms with Crippen molar-refractivity contribution in [1.29, 1.82) is 0 Å². The summed E-state index contributed by atoms with van der Waals surface area (Å²) in [6.07, 6.45) is 6.49. The number of rotatable bonds is 3. The fourth-order valence-corrected chi connectivity index (χ4v) is 4.19. The van der Waals surface area contributed by atoms with E-state index < -0.39 is 0 Å². The van der Waals surface area contributed by atoms with Crippen molar-refractivity contribution in [2.45, 2.75) is 73.3 Å². The Kier molecular flexibility index (Phi) is 4.27. The van der Waals surface area contributed by atoms with Crippen LogP contribution in [0.25, 0.3) is 0 Å². The zero-order valence-electron chi connectivity index (χ0n) is 14.3. The van der Waals surface area contributed by atoms with Crippen LogP contribution in [-0.4, -0.2) is 20.8 Å². The van der Waals surface area contributed by atoms with Crippen LogP contribution in [0.1, 0.15) is 83.8 Å². The van der Waals surface area contributed by atoms with Crippen LogP contribution in [0.2, 0.25) is 0 Å². The Bertz CT molecular complexity index is 502. The molecule has 1 aromatic heterocycles. The summed E-state index contributed by atoms with van der Waals surface area (Å²) >= 11 is 0. The summed E-state index contributed by atoms with van der Waals surface area (Å²) in [6, 6.07) is 0.389. The Labute approximate surface area is 128 Å². The summed E-state index contributed by atoms with van der Waals surface area (Å²) in [4.78, 5) is 11.3. The van der Waals surface area contributed by atoms with Crippen molar-refractivity contribution in [2.75, 3.05) is 0 Å². The standard InChI is InChI=1S/C17H29N3O/c1-12(2)17(16(4,5)6)9-7-14(8-10-17)20-11-15(13(3)21)18-19-20/h11-12,14H,7-10H2,1-6H3. The predicted octanol–water partition coefficient (Wildman–Crippen LogP) is 4.28. The first-order valence-corrected chi connectivity index (χ1v) is 8.10. The summed E-state index contributed by atoms with van der Waals surface area (Å²) in [5.74, 6) is 0.672. The lowest BCUT2D eigenvalue weighted by atomic mass is 9.54. The van der Waals surface area contributed by atoms with Gasteiger partial charge < -0.3 is 0 Å². The molecule has 0 aromatic carbocycles. The molecule has 0 aliphatic heterocycles. The molecule has 1 aromatic rings. The molecule has 1 aliphatic rings. The molecular formula is C17H29N3O. The van der Waals surface area contributed by atoms with Gasteiger partial charge in [0.1, 0.15) is 5.69 Å². The first-order valence-electron chi connectivity index (χ1n) is 8.10. The van der Waals surface area contributed by atoms with Crippen LogP contribution < -0.4 is 0 Å². The molecule has 2 rings (SSSR count). The van der Waals surface area contributed by atoms with Crippen LogP contribution >= 0.6 is 0 Å². The van der Waals surface area contributed by atoms with Crippen molar-refractivity contribution in [3.8, 4) is 0 Å². The van der Waals surface area contributed by atoms with E-state index in [4.69, 9.17) is 0 Å². The quantitative estimate of drug-likeness (QED) is 0.781. The van der Waals surface area contributed by atoms with E-state index in [0.717, 1.165) is 12.8 Å². The zero-order valence-corrected chi connectivity index (χ0v) is 14.3. The third kappa shape index (κ3) is 2.90. The topological polar surface area (TPSA) is 47.8 Å². The lowest BCUT2D eigenvalue weighted by Gasteiger charge is -2.52. The van der Waals surface area contributed by atoms with E-state index in [0.29, 0.717) is 28.5 Å². The third-order valence-electron chi connectivity index (χ3n) is 5.69. The van der Waals surface area contributed by atoms with Crippen molar-refractivity contribution in [2.24, 2.45) is 16.7 Å². The number of hydrogen-bond acceptors (Lipinski definition) is 3. The molecule has 1 saturated carbocycles. The molecule has 0 atom stereocenters. The molecular weight excluding hydrogens is 262 g/mol.